The molecule has 0 bridgehead atoms. The molecule has 1 atom stereocenters. The Labute approximate surface area is 171 Å². The van der Waals surface area contributed by atoms with Gasteiger partial charge in [-0.2, -0.15) is 0 Å². The van der Waals surface area contributed by atoms with Gasteiger partial charge in [-0.15, -0.1) is 11.3 Å². The average Bonchev–Trinajstić information content (AvgIpc) is 3.30. The summed E-state index contributed by atoms with van der Waals surface area (Å²) in [6.07, 6.45) is 4.12. The Hall–Kier alpha value is -2.07. The normalized spacial score (nSPS) is 23.5. The summed E-state index contributed by atoms with van der Waals surface area (Å²) < 4.78 is 0. The molecule has 1 aliphatic carbocycles. The van der Waals surface area contributed by atoms with Crippen LogP contribution in [-0.4, -0.2) is 18.9 Å². The Kier molecular flexibility index (Phi) is 4.16. The molecule has 146 valence electrons. The van der Waals surface area contributed by atoms with Crippen LogP contribution in [-0.2, 0) is 4.79 Å². The summed E-state index contributed by atoms with van der Waals surface area (Å²) in [5.74, 6) is 0.383. The predicted octanol–water partition coefficient (Wildman–Crippen LogP) is 5.86. The number of nitrogens with one attached hydrogen (secondary N) is 1. The number of allylic oxidation sites excluding steroid dienone is 2. The third kappa shape index (κ3) is 2.89. The van der Waals surface area contributed by atoms with E-state index in [-0.39, 0.29) is 11.3 Å². The number of hydrogen-bond acceptors (Lipinski definition) is 4. The predicted molar refractivity (Wildman–Crippen MR) is 117 cm³/mol. The molecule has 2 aliphatic heterocycles. The van der Waals surface area contributed by atoms with Gasteiger partial charge in [0.05, 0.1) is 5.92 Å². The minimum absolute atomic E-state index is 0.0159. The molecule has 0 radical (unpaired) electrons. The molecule has 1 aromatic heterocycles. The first-order chi connectivity index (χ1) is 13.4. The zero-order valence-corrected chi connectivity index (χ0v) is 17.8. The second-order valence-corrected chi connectivity index (χ2v) is 10.3. The molecule has 3 aliphatic rings. The zero-order valence-electron chi connectivity index (χ0n) is 17.0. The molecule has 2 aromatic rings. The number of thiophene rings is 1. The lowest BCUT2D eigenvalue weighted by atomic mass is 9.69. The maximum absolute atomic E-state index is 13.2. The third-order valence-electron chi connectivity index (χ3n) is 6.48. The van der Waals surface area contributed by atoms with Gasteiger partial charge < -0.3 is 10.2 Å². The highest BCUT2D eigenvalue weighted by molar-refractivity contribution is 7.10. The standard InChI is InChI=1S/C24H28N2OS/c1-15-8-11-28-23(15)21-17-7-6-16(26-9-4-5-10-26)12-18(17)25-19-13-24(2,3)14-20(27)22(19)21/h6-8,11-12,21,25H,4-5,9-10,13-14H2,1-3H3. The van der Waals surface area contributed by atoms with Crippen LogP contribution in [0.5, 0.6) is 0 Å². The van der Waals surface area contributed by atoms with E-state index < -0.39 is 0 Å². The Bertz CT molecular complexity index is 978. The van der Waals surface area contributed by atoms with E-state index in [0.29, 0.717) is 12.2 Å². The van der Waals surface area contributed by atoms with E-state index in [1.54, 1.807) is 11.3 Å². The fourth-order valence-electron chi connectivity index (χ4n) is 5.13. The van der Waals surface area contributed by atoms with Crippen molar-refractivity contribution in [2.45, 2.75) is 52.4 Å². The number of fused-ring (bicyclic) bond motifs is 1. The molecule has 0 spiro atoms. The van der Waals surface area contributed by atoms with Gasteiger partial charge in [-0.1, -0.05) is 19.9 Å². The summed E-state index contributed by atoms with van der Waals surface area (Å²) in [5.41, 5.74) is 7.19. The smallest absolute Gasteiger partial charge is 0.162 e. The second kappa shape index (κ2) is 6.48. The Balaban J connectivity index is 1.66. The van der Waals surface area contributed by atoms with E-state index in [2.05, 4.69) is 60.6 Å². The Morgan fingerprint density at radius 3 is 2.64 bits per heavy atom. The molecular formula is C24H28N2OS. The maximum atomic E-state index is 13.2. The van der Waals surface area contributed by atoms with Crippen LogP contribution in [0.1, 0.15) is 61.5 Å². The number of nitrogens with zero attached hydrogens (tertiary/aromatic N) is 1. The van der Waals surface area contributed by atoms with Crippen molar-refractivity contribution < 1.29 is 4.79 Å². The number of hydrogen-bond donors (Lipinski definition) is 1. The van der Waals surface area contributed by atoms with Crippen LogP contribution in [0, 0.1) is 12.3 Å². The fraction of sp³-hybridized carbons (Fsp3) is 0.458. The van der Waals surface area contributed by atoms with E-state index >= 15 is 0 Å². The van der Waals surface area contributed by atoms with Crippen molar-refractivity contribution in [1.29, 1.82) is 0 Å². The second-order valence-electron chi connectivity index (χ2n) is 9.32. The van der Waals surface area contributed by atoms with Gasteiger partial charge in [-0.05, 0) is 66.3 Å². The van der Waals surface area contributed by atoms with Gasteiger partial charge in [0.1, 0.15) is 0 Å². The monoisotopic (exact) mass is 392 g/mol. The molecule has 1 saturated heterocycles. The highest BCUT2D eigenvalue weighted by Gasteiger charge is 2.41. The number of ketones is 1. The number of Topliss-reactive ketones (excluding diaryl/α,β-unsaturated/α-hetero) is 1. The van der Waals surface area contributed by atoms with Crippen molar-refractivity contribution >= 4 is 28.5 Å². The van der Waals surface area contributed by atoms with Gasteiger partial charge in [0.25, 0.3) is 0 Å². The average molecular weight is 393 g/mol. The first-order valence-electron chi connectivity index (χ1n) is 10.4. The van der Waals surface area contributed by atoms with Gasteiger partial charge >= 0.3 is 0 Å². The van der Waals surface area contributed by atoms with Crippen LogP contribution in [0.15, 0.2) is 40.9 Å². The lowest BCUT2D eigenvalue weighted by molar-refractivity contribution is -0.118. The van der Waals surface area contributed by atoms with Crippen molar-refractivity contribution in [1.82, 2.24) is 0 Å². The van der Waals surface area contributed by atoms with Crippen LogP contribution in [0.25, 0.3) is 0 Å². The van der Waals surface area contributed by atoms with Crippen LogP contribution in [0.4, 0.5) is 11.4 Å². The number of carbonyl (C=O) groups is 1. The van der Waals surface area contributed by atoms with E-state index in [9.17, 15) is 4.79 Å². The molecule has 0 amide bonds. The topological polar surface area (TPSA) is 32.3 Å². The zero-order chi connectivity index (χ0) is 19.5. The van der Waals surface area contributed by atoms with Crippen LogP contribution in [0.3, 0.4) is 0 Å². The fourth-order valence-corrected chi connectivity index (χ4v) is 6.18. The first-order valence-corrected chi connectivity index (χ1v) is 11.3. The number of rotatable bonds is 2. The van der Waals surface area contributed by atoms with Crippen molar-refractivity contribution in [2.24, 2.45) is 5.41 Å². The highest BCUT2D eigenvalue weighted by Crippen LogP contribution is 2.51. The molecule has 3 nitrogen and oxygen atoms in total. The van der Waals surface area contributed by atoms with Crippen molar-refractivity contribution in [3.05, 3.63) is 56.9 Å². The number of anilines is 2. The molecule has 4 heteroatoms. The van der Waals surface area contributed by atoms with Gasteiger partial charge in [-0.3, -0.25) is 4.79 Å². The van der Waals surface area contributed by atoms with Crippen LogP contribution in [0.2, 0.25) is 0 Å². The van der Waals surface area contributed by atoms with E-state index in [0.717, 1.165) is 30.8 Å². The summed E-state index contributed by atoms with van der Waals surface area (Å²) >= 11 is 1.78. The molecular weight excluding hydrogens is 364 g/mol. The summed E-state index contributed by atoms with van der Waals surface area (Å²) in [6, 6.07) is 9.01. The summed E-state index contributed by atoms with van der Waals surface area (Å²) in [5, 5.41) is 5.85. The minimum Gasteiger partial charge on any atom is -0.371 e. The molecule has 1 N–H and O–H groups in total. The molecule has 1 fully saturated rings. The molecule has 0 saturated carbocycles. The van der Waals surface area contributed by atoms with Gasteiger partial charge in [0.2, 0.25) is 0 Å². The van der Waals surface area contributed by atoms with E-state index in [1.807, 2.05) is 0 Å². The molecule has 5 rings (SSSR count). The first kappa shape index (κ1) is 18.0. The largest absolute Gasteiger partial charge is 0.371 e. The minimum atomic E-state index is 0.0159. The van der Waals surface area contributed by atoms with Crippen LogP contribution < -0.4 is 10.2 Å². The van der Waals surface area contributed by atoms with Crippen molar-refractivity contribution in [3.63, 3.8) is 0 Å². The molecule has 3 heterocycles. The number of carbonyl (C=O) groups excluding carboxylic acids is 1. The number of aryl methyl sites for hydroxylation is 1. The Morgan fingerprint density at radius 2 is 1.93 bits per heavy atom. The quantitative estimate of drug-likeness (QED) is 0.695. The van der Waals surface area contributed by atoms with Crippen molar-refractivity contribution in [3.8, 4) is 0 Å². The summed E-state index contributed by atoms with van der Waals surface area (Å²) in [7, 11) is 0. The van der Waals surface area contributed by atoms with Gasteiger partial charge in [0.15, 0.2) is 5.78 Å². The van der Waals surface area contributed by atoms with Gasteiger partial charge in [-0.25, -0.2) is 0 Å². The summed E-state index contributed by atoms with van der Waals surface area (Å²) in [4.78, 5) is 17.0. The Morgan fingerprint density at radius 1 is 1.14 bits per heavy atom. The lowest BCUT2D eigenvalue weighted by Gasteiger charge is -2.39. The van der Waals surface area contributed by atoms with E-state index in [4.69, 9.17) is 0 Å². The number of benzene rings is 1. The molecule has 28 heavy (non-hydrogen) atoms. The maximum Gasteiger partial charge on any atom is 0.162 e. The van der Waals surface area contributed by atoms with E-state index in [1.165, 1.54) is 40.2 Å². The molecule has 1 unspecified atom stereocenters. The molecule has 1 aromatic carbocycles. The van der Waals surface area contributed by atoms with Crippen LogP contribution >= 0.6 is 11.3 Å². The lowest BCUT2D eigenvalue weighted by Crippen LogP contribution is -2.33. The third-order valence-corrected chi connectivity index (χ3v) is 7.56. The van der Waals surface area contributed by atoms with Crippen molar-refractivity contribution in [2.75, 3.05) is 23.3 Å². The highest BCUT2D eigenvalue weighted by atomic mass is 32.1. The summed E-state index contributed by atoms with van der Waals surface area (Å²) in [6.45, 7) is 8.87. The SMILES string of the molecule is Cc1ccsc1C1C2=C(CC(C)(C)CC2=O)Nc2cc(N3CCCC3)ccc21. The van der Waals surface area contributed by atoms with Gasteiger partial charge in [0, 0.05) is 47.0 Å².